The number of nitrogens with two attached hydrogens (primary N) is 1. The van der Waals surface area contributed by atoms with Crippen LogP contribution in [0.15, 0.2) is 18.6 Å². The Labute approximate surface area is 110 Å². The number of aryl methyl sites for hydroxylation is 2. The Kier molecular flexibility index (Phi) is 3.52. The van der Waals surface area contributed by atoms with Crippen LogP contribution in [-0.2, 0) is 13.6 Å². The fourth-order valence-electron chi connectivity index (χ4n) is 1.51. The molecule has 6 nitrogen and oxygen atoms in total. The number of aromatic nitrogens is 4. The second kappa shape index (κ2) is 5.09. The lowest BCUT2D eigenvalue weighted by Gasteiger charge is -2.10. The number of rotatable bonds is 4. The number of thiocarbonyl (C=S) groups is 1. The molecule has 0 atom stereocenters. The van der Waals surface area contributed by atoms with Crippen molar-refractivity contribution in [2.75, 3.05) is 5.32 Å². The van der Waals surface area contributed by atoms with E-state index in [9.17, 15) is 0 Å². The van der Waals surface area contributed by atoms with Crippen LogP contribution in [0.2, 0.25) is 0 Å². The molecule has 0 aromatic carbocycles. The van der Waals surface area contributed by atoms with Crippen molar-refractivity contribution in [1.82, 2.24) is 19.5 Å². The van der Waals surface area contributed by atoms with Crippen LogP contribution in [-0.4, -0.2) is 24.5 Å². The van der Waals surface area contributed by atoms with Gasteiger partial charge in [-0.2, -0.15) is 0 Å². The van der Waals surface area contributed by atoms with E-state index in [1.807, 2.05) is 24.7 Å². The molecule has 2 aromatic heterocycles. The zero-order chi connectivity index (χ0) is 13.1. The molecule has 7 heteroatoms. The van der Waals surface area contributed by atoms with Crippen LogP contribution < -0.4 is 11.1 Å². The van der Waals surface area contributed by atoms with Crippen molar-refractivity contribution in [2.45, 2.75) is 13.5 Å². The first-order chi connectivity index (χ1) is 8.58. The molecule has 0 unspecified atom stereocenters. The zero-order valence-corrected chi connectivity index (χ0v) is 11.0. The van der Waals surface area contributed by atoms with E-state index in [0.29, 0.717) is 23.8 Å². The van der Waals surface area contributed by atoms with Crippen LogP contribution in [0.5, 0.6) is 0 Å². The van der Waals surface area contributed by atoms with Crippen LogP contribution in [0.3, 0.4) is 0 Å². The molecule has 2 heterocycles. The molecule has 0 radical (unpaired) electrons. The average molecular weight is 262 g/mol. The predicted octanol–water partition coefficient (Wildman–Crippen LogP) is 0.765. The topological polar surface area (TPSA) is 81.6 Å². The van der Waals surface area contributed by atoms with E-state index in [4.69, 9.17) is 18.0 Å². The Bertz CT molecular complexity index is 577. The Balaban J connectivity index is 2.20. The first kappa shape index (κ1) is 12.4. The minimum Gasteiger partial charge on any atom is -0.389 e. The van der Waals surface area contributed by atoms with Gasteiger partial charge in [0.05, 0.1) is 12.1 Å². The van der Waals surface area contributed by atoms with Gasteiger partial charge >= 0.3 is 0 Å². The molecular weight excluding hydrogens is 248 g/mol. The largest absolute Gasteiger partial charge is 0.389 e. The Morgan fingerprint density at radius 1 is 1.50 bits per heavy atom. The molecule has 18 heavy (non-hydrogen) atoms. The standard InChI is InChI=1S/C11H14N6S/c1-7-14-5-8(10(12)18)11(16-7)15-6-9-13-3-4-17(9)2/h3-5H,6H2,1-2H3,(H2,12,18)(H,14,15,16). The zero-order valence-electron chi connectivity index (χ0n) is 10.2. The summed E-state index contributed by atoms with van der Waals surface area (Å²) in [5.41, 5.74) is 6.28. The second-order valence-electron chi connectivity index (χ2n) is 3.85. The van der Waals surface area contributed by atoms with Gasteiger partial charge in [0.15, 0.2) is 0 Å². The van der Waals surface area contributed by atoms with Gasteiger partial charge in [-0.15, -0.1) is 0 Å². The number of hydrogen-bond donors (Lipinski definition) is 2. The lowest BCUT2D eigenvalue weighted by Crippen LogP contribution is -2.16. The van der Waals surface area contributed by atoms with E-state index < -0.39 is 0 Å². The molecule has 2 aromatic rings. The third kappa shape index (κ3) is 2.62. The molecule has 94 valence electrons. The van der Waals surface area contributed by atoms with Crippen molar-refractivity contribution < 1.29 is 0 Å². The Morgan fingerprint density at radius 2 is 2.28 bits per heavy atom. The van der Waals surface area contributed by atoms with Gasteiger partial charge in [0.2, 0.25) is 0 Å². The van der Waals surface area contributed by atoms with Gasteiger partial charge in [0, 0.05) is 25.6 Å². The Morgan fingerprint density at radius 3 is 2.89 bits per heavy atom. The lowest BCUT2D eigenvalue weighted by molar-refractivity contribution is 0.809. The molecule has 0 spiro atoms. The maximum Gasteiger partial charge on any atom is 0.140 e. The van der Waals surface area contributed by atoms with E-state index in [1.54, 1.807) is 12.4 Å². The van der Waals surface area contributed by atoms with Gasteiger partial charge in [-0.25, -0.2) is 15.0 Å². The van der Waals surface area contributed by atoms with Gasteiger partial charge < -0.3 is 15.6 Å². The van der Waals surface area contributed by atoms with Crippen molar-refractivity contribution in [3.63, 3.8) is 0 Å². The molecule has 0 aliphatic carbocycles. The fourth-order valence-corrected chi connectivity index (χ4v) is 1.66. The average Bonchev–Trinajstić information content (AvgIpc) is 2.72. The molecule has 0 saturated carbocycles. The van der Waals surface area contributed by atoms with Gasteiger partial charge in [-0.1, -0.05) is 12.2 Å². The van der Waals surface area contributed by atoms with Gasteiger partial charge in [-0.3, -0.25) is 0 Å². The van der Waals surface area contributed by atoms with Crippen LogP contribution in [0.4, 0.5) is 5.82 Å². The van der Waals surface area contributed by atoms with Crippen molar-refractivity contribution in [1.29, 1.82) is 0 Å². The number of imidazole rings is 1. The van der Waals surface area contributed by atoms with Crippen molar-refractivity contribution >= 4 is 23.0 Å². The maximum atomic E-state index is 5.63. The SMILES string of the molecule is Cc1ncc(C(N)=S)c(NCc2nccn2C)n1. The van der Waals surface area contributed by atoms with E-state index in [-0.39, 0.29) is 4.99 Å². The third-order valence-corrected chi connectivity index (χ3v) is 2.73. The summed E-state index contributed by atoms with van der Waals surface area (Å²) in [6, 6.07) is 0. The van der Waals surface area contributed by atoms with Crippen LogP contribution in [0.1, 0.15) is 17.2 Å². The minimum absolute atomic E-state index is 0.275. The summed E-state index contributed by atoms with van der Waals surface area (Å²) in [6.07, 6.45) is 5.26. The van der Waals surface area contributed by atoms with Crippen LogP contribution in [0, 0.1) is 6.92 Å². The summed E-state index contributed by atoms with van der Waals surface area (Å²) >= 11 is 4.97. The molecule has 0 amide bonds. The van der Waals surface area contributed by atoms with E-state index in [2.05, 4.69) is 20.3 Å². The highest BCUT2D eigenvalue weighted by molar-refractivity contribution is 7.80. The lowest BCUT2D eigenvalue weighted by atomic mass is 10.3. The molecule has 0 bridgehead atoms. The smallest absolute Gasteiger partial charge is 0.140 e. The molecular formula is C11H14N6S. The van der Waals surface area contributed by atoms with Crippen molar-refractivity contribution in [3.05, 3.63) is 35.8 Å². The summed E-state index contributed by atoms with van der Waals surface area (Å²) in [5, 5.41) is 3.18. The highest BCUT2D eigenvalue weighted by Crippen LogP contribution is 2.12. The van der Waals surface area contributed by atoms with E-state index in [1.165, 1.54) is 0 Å². The molecule has 2 rings (SSSR count). The first-order valence-corrected chi connectivity index (χ1v) is 5.82. The van der Waals surface area contributed by atoms with Gasteiger partial charge in [-0.05, 0) is 6.92 Å². The summed E-state index contributed by atoms with van der Waals surface area (Å²) < 4.78 is 1.93. The number of hydrogen-bond acceptors (Lipinski definition) is 5. The Hall–Kier alpha value is -2.02. The summed E-state index contributed by atoms with van der Waals surface area (Å²) in [6.45, 7) is 2.37. The summed E-state index contributed by atoms with van der Waals surface area (Å²) in [7, 11) is 1.93. The molecule has 0 saturated heterocycles. The summed E-state index contributed by atoms with van der Waals surface area (Å²) in [5.74, 6) is 2.20. The molecule has 0 fully saturated rings. The molecule has 0 aliphatic rings. The van der Waals surface area contributed by atoms with Crippen LogP contribution >= 0.6 is 12.2 Å². The predicted molar refractivity (Wildman–Crippen MR) is 73.2 cm³/mol. The van der Waals surface area contributed by atoms with E-state index >= 15 is 0 Å². The number of anilines is 1. The highest BCUT2D eigenvalue weighted by atomic mass is 32.1. The van der Waals surface area contributed by atoms with Crippen molar-refractivity contribution in [3.8, 4) is 0 Å². The normalized spacial score (nSPS) is 10.3. The molecule has 3 N–H and O–H groups in total. The van der Waals surface area contributed by atoms with Gasteiger partial charge in [0.1, 0.15) is 22.5 Å². The van der Waals surface area contributed by atoms with E-state index in [0.717, 1.165) is 5.82 Å². The second-order valence-corrected chi connectivity index (χ2v) is 4.29. The quantitative estimate of drug-likeness (QED) is 0.792. The monoisotopic (exact) mass is 262 g/mol. The highest BCUT2D eigenvalue weighted by Gasteiger charge is 2.08. The third-order valence-electron chi connectivity index (χ3n) is 2.51. The fraction of sp³-hybridized carbons (Fsp3) is 0.273. The van der Waals surface area contributed by atoms with Crippen LogP contribution in [0.25, 0.3) is 0 Å². The maximum absolute atomic E-state index is 5.63. The first-order valence-electron chi connectivity index (χ1n) is 5.41. The number of nitrogens with zero attached hydrogens (tertiary/aromatic N) is 4. The van der Waals surface area contributed by atoms with Crippen molar-refractivity contribution in [2.24, 2.45) is 12.8 Å². The minimum atomic E-state index is 0.275. The molecule has 0 aliphatic heterocycles. The van der Waals surface area contributed by atoms with Gasteiger partial charge in [0.25, 0.3) is 0 Å². The summed E-state index contributed by atoms with van der Waals surface area (Å²) in [4.78, 5) is 12.9. The number of nitrogens with one attached hydrogen (secondary N) is 1.